The first-order valence-corrected chi connectivity index (χ1v) is 11.0. The van der Waals surface area contributed by atoms with Crippen molar-refractivity contribution in [2.45, 2.75) is 12.8 Å². The lowest BCUT2D eigenvalue weighted by atomic mass is 10.1. The first kappa shape index (κ1) is 25.3. The second kappa shape index (κ2) is 10.0. The normalized spacial score (nSPS) is 15.3. The van der Waals surface area contributed by atoms with E-state index in [0.717, 1.165) is 17.7 Å². The van der Waals surface area contributed by atoms with Gasteiger partial charge in [0.25, 0.3) is 11.8 Å². The molecule has 0 atom stereocenters. The summed E-state index contributed by atoms with van der Waals surface area (Å²) < 4.78 is 45.2. The third-order valence-corrected chi connectivity index (χ3v) is 5.85. The summed E-state index contributed by atoms with van der Waals surface area (Å²) in [5, 5.41) is 2.23. The maximum atomic E-state index is 13.2. The molecule has 0 aliphatic carbocycles. The predicted octanol–water partition coefficient (Wildman–Crippen LogP) is 6.26. The Morgan fingerprint density at radius 1 is 0.917 bits per heavy atom. The van der Waals surface area contributed by atoms with Crippen molar-refractivity contribution >= 4 is 52.8 Å². The van der Waals surface area contributed by atoms with Crippen LogP contribution in [-0.2, 0) is 22.4 Å². The van der Waals surface area contributed by atoms with Crippen LogP contribution in [0.5, 0.6) is 5.75 Å². The number of barbiturate groups is 1. The molecule has 11 heteroatoms. The fraction of sp³-hybridized carbons (Fsp3) is 0.0800. The number of nitrogens with zero attached hydrogens (tertiary/aromatic N) is 1. The van der Waals surface area contributed by atoms with Crippen molar-refractivity contribution in [3.8, 4) is 5.75 Å². The number of alkyl halides is 3. The van der Waals surface area contributed by atoms with Gasteiger partial charge in [-0.05, 0) is 48.0 Å². The van der Waals surface area contributed by atoms with E-state index in [1.165, 1.54) is 6.08 Å². The lowest BCUT2D eigenvalue weighted by Crippen LogP contribution is -2.54. The van der Waals surface area contributed by atoms with Gasteiger partial charge in [-0.1, -0.05) is 53.5 Å². The van der Waals surface area contributed by atoms with Gasteiger partial charge in [0, 0.05) is 10.6 Å². The Morgan fingerprint density at radius 2 is 1.61 bits per heavy atom. The summed E-state index contributed by atoms with van der Waals surface area (Å²) in [6.45, 7) is 0.218. The van der Waals surface area contributed by atoms with Crippen molar-refractivity contribution in [3.05, 3.63) is 99.0 Å². The van der Waals surface area contributed by atoms with Gasteiger partial charge in [-0.15, -0.1) is 0 Å². The Labute approximate surface area is 212 Å². The van der Waals surface area contributed by atoms with E-state index in [1.54, 1.807) is 36.4 Å². The van der Waals surface area contributed by atoms with Crippen LogP contribution in [0.25, 0.3) is 6.08 Å². The number of amides is 4. The summed E-state index contributed by atoms with van der Waals surface area (Å²) in [5.74, 6) is -1.63. The molecule has 0 radical (unpaired) electrons. The Balaban J connectivity index is 1.58. The summed E-state index contributed by atoms with van der Waals surface area (Å²) >= 11 is 12.1. The molecule has 1 saturated heterocycles. The van der Waals surface area contributed by atoms with Crippen LogP contribution in [0, 0.1) is 0 Å². The highest BCUT2D eigenvalue weighted by Gasteiger charge is 2.39. The van der Waals surface area contributed by atoms with Crippen molar-refractivity contribution in [3.63, 3.8) is 0 Å². The number of rotatable bonds is 5. The average Bonchev–Trinajstić information content (AvgIpc) is 2.82. The van der Waals surface area contributed by atoms with Crippen LogP contribution in [0.1, 0.15) is 16.7 Å². The Kier molecular flexibility index (Phi) is 7.05. The molecule has 1 fully saturated rings. The van der Waals surface area contributed by atoms with E-state index in [-0.39, 0.29) is 11.6 Å². The molecule has 1 aliphatic heterocycles. The number of benzene rings is 3. The smallest absolute Gasteiger partial charge is 0.416 e. The molecule has 4 amide bonds. The van der Waals surface area contributed by atoms with Crippen LogP contribution < -0.4 is 15.0 Å². The van der Waals surface area contributed by atoms with Gasteiger partial charge in [-0.25, -0.2) is 9.69 Å². The molecular weight excluding hydrogens is 520 g/mol. The molecule has 1 N–H and O–H groups in total. The van der Waals surface area contributed by atoms with Crippen LogP contribution in [0.3, 0.4) is 0 Å². The fourth-order valence-corrected chi connectivity index (χ4v) is 3.73. The van der Waals surface area contributed by atoms with Gasteiger partial charge in [0.2, 0.25) is 0 Å². The molecule has 3 aromatic carbocycles. The van der Waals surface area contributed by atoms with E-state index in [2.05, 4.69) is 0 Å². The monoisotopic (exact) mass is 534 g/mol. The minimum absolute atomic E-state index is 0.218. The van der Waals surface area contributed by atoms with Crippen molar-refractivity contribution < 1.29 is 32.3 Å². The minimum Gasteiger partial charge on any atom is -0.489 e. The molecule has 4 rings (SSSR count). The van der Waals surface area contributed by atoms with Gasteiger partial charge in [-0.3, -0.25) is 14.9 Å². The molecule has 0 bridgehead atoms. The van der Waals surface area contributed by atoms with Crippen molar-refractivity contribution in [1.29, 1.82) is 0 Å². The molecule has 36 heavy (non-hydrogen) atoms. The van der Waals surface area contributed by atoms with Crippen molar-refractivity contribution in [2.24, 2.45) is 0 Å². The van der Waals surface area contributed by atoms with Crippen LogP contribution in [0.4, 0.5) is 23.7 Å². The second-order valence-electron chi connectivity index (χ2n) is 7.57. The van der Waals surface area contributed by atoms with Crippen LogP contribution >= 0.6 is 23.2 Å². The van der Waals surface area contributed by atoms with Crippen LogP contribution in [-0.4, -0.2) is 17.8 Å². The Bertz CT molecular complexity index is 1390. The standard InChI is InChI=1S/C25H15Cl2F3N2O4/c26-19-4-2-1-3-15(19)13-36-17-8-5-14(6-9-17)11-18-22(33)31-24(35)32(23(18)34)21-12-16(25(28,29)30)7-10-20(21)27/h1-12H,13H2,(H,31,33,35)/b18-11-. The summed E-state index contributed by atoms with van der Waals surface area (Å²) in [6.07, 6.45) is -3.53. The van der Waals surface area contributed by atoms with Gasteiger partial charge < -0.3 is 4.74 Å². The first-order chi connectivity index (χ1) is 17.0. The topological polar surface area (TPSA) is 75.7 Å². The summed E-state index contributed by atoms with van der Waals surface area (Å²) in [4.78, 5) is 38.1. The van der Waals surface area contributed by atoms with Crippen LogP contribution in [0.2, 0.25) is 10.0 Å². The number of imide groups is 2. The molecule has 0 saturated carbocycles. The van der Waals surface area contributed by atoms with E-state index in [4.69, 9.17) is 27.9 Å². The molecule has 3 aromatic rings. The Morgan fingerprint density at radius 3 is 2.28 bits per heavy atom. The molecule has 0 spiro atoms. The van der Waals surface area contributed by atoms with E-state index in [1.807, 2.05) is 17.4 Å². The molecule has 0 aromatic heterocycles. The molecular formula is C25H15Cl2F3N2O4. The van der Waals surface area contributed by atoms with E-state index in [0.29, 0.717) is 27.3 Å². The predicted molar refractivity (Wildman–Crippen MR) is 128 cm³/mol. The minimum atomic E-state index is -4.74. The lowest BCUT2D eigenvalue weighted by Gasteiger charge is -2.27. The maximum Gasteiger partial charge on any atom is 0.416 e. The third-order valence-electron chi connectivity index (χ3n) is 5.16. The van der Waals surface area contributed by atoms with Crippen molar-refractivity contribution in [2.75, 3.05) is 4.90 Å². The first-order valence-electron chi connectivity index (χ1n) is 10.3. The highest BCUT2D eigenvalue weighted by Crippen LogP contribution is 2.36. The fourth-order valence-electron chi connectivity index (χ4n) is 3.34. The summed E-state index contributed by atoms with van der Waals surface area (Å²) in [6, 6.07) is 14.5. The number of carbonyl (C=O) groups excluding carboxylic acids is 3. The van der Waals surface area contributed by atoms with Gasteiger partial charge in [-0.2, -0.15) is 13.2 Å². The van der Waals surface area contributed by atoms with E-state index in [9.17, 15) is 27.6 Å². The third kappa shape index (κ3) is 5.37. The number of hydrogen-bond donors (Lipinski definition) is 1. The summed E-state index contributed by atoms with van der Waals surface area (Å²) in [5.41, 5.74) is -0.892. The zero-order valence-corrected chi connectivity index (χ0v) is 19.6. The van der Waals surface area contributed by atoms with Gasteiger partial charge in [0.15, 0.2) is 0 Å². The van der Waals surface area contributed by atoms with Gasteiger partial charge in [0.05, 0.1) is 16.3 Å². The molecule has 0 unspecified atom stereocenters. The summed E-state index contributed by atoms with van der Waals surface area (Å²) in [7, 11) is 0. The van der Waals surface area contributed by atoms with Gasteiger partial charge >= 0.3 is 12.2 Å². The maximum absolute atomic E-state index is 13.2. The number of nitrogens with one attached hydrogen (secondary N) is 1. The highest BCUT2D eigenvalue weighted by molar-refractivity contribution is 6.42. The number of halogens is 5. The quantitative estimate of drug-likeness (QED) is 0.309. The number of ether oxygens (including phenoxy) is 1. The average molecular weight is 535 g/mol. The molecule has 1 heterocycles. The molecule has 6 nitrogen and oxygen atoms in total. The number of anilines is 1. The number of carbonyl (C=O) groups is 3. The van der Waals surface area contributed by atoms with Crippen molar-refractivity contribution in [1.82, 2.24) is 5.32 Å². The zero-order chi connectivity index (χ0) is 26.0. The van der Waals surface area contributed by atoms with Gasteiger partial charge in [0.1, 0.15) is 17.9 Å². The lowest BCUT2D eigenvalue weighted by molar-refractivity contribution is -0.137. The highest BCUT2D eigenvalue weighted by atomic mass is 35.5. The zero-order valence-electron chi connectivity index (χ0n) is 18.1. The SMILES string of the molecule is O=C1NC(=O)N(c2cc(C(F)(F)F)ccc2Cl)C(=O)/C1=C\c1ccc(OCc2ccccc2Cl)cc1. The number of hydrogen-bond acceptors (Lipinski definition) is 4. The second-order valence-corrected chi connectivity index (χ2v) is 8.39. The molecule has 1 aliphatic rings. The van der Waals surface area contributed by atoms with E-state index < -0.39 is 40.8 Å². The Hall–Kier alpha value is -3.82. The molecule has 184 valence electrons. The van der Waals surface area contributed by atoms with E-state index >= 15 is 0 Å². The largest absolute Gasteiger partial charge is 0.489 e. The number of urea groups is 1. The van der Waals surface area contributed by atoms with Crippen LogP contribution in [0.15, 0.2) is 72.3 Å².